The predicted octanol–water partition coefficient (Wildman–Crippen LogP) is 1.77. The highest BCUT2D eigenvalue weighted by atomic mass is 15.3. The molecule has 4 heteroatoms. The van der Waals surface area contributed by atoms with Crippen LogP contribution in [0.15, 0.2) is 30.6 Å². The third-order valence-corrected chi connectivity index (χ3v) is 3.62. The van der Waals surface area contributed by atoms with Gasteiger partial charge in [0.1, 0.15) is 5.52 Å². The van der Waals surface area contributed by atoms with Gasteiger partial charge in [-0.3, -0.25) is 4.98 Å². The van der Waals surface area contributed by atoms with Crippen molar-refractivity contribution in [1.82, 2.24) is 14.9 Å². The van der Waals surface area contributed by atoms with E-state index in [0.717, 1.165) is 44.1 Å². The van der Waals surface area contributed by atoms with Crippen molar-refractivity contribution < 1.29 is 0 Å². The third-order valence-electron chi connectivity index (χ3n) is 3.62. The van der Waals surface area contributed by atoms with E-state index in [2.05, 4.69) is 32.8 Å². The molecule has 3 heterocycles. The summed E-state index contributed by atoms with van der Waals surface area (Å²) < 4.78 is 0. The van der Waals surface area contributed by atoms with E-state index in [-0.39, 0.29) is 0 Å². The maximum atomic E-state index is 4.53. The second-order valence-corrected chi connectivity index (χ2v) is 4.63. The minimum absolute atomic E-state index is 1.02. The fraction of sp³-hybridized carbons (Fsp3) is 0.429. The van der Waals surface area contributed by atoms with Crippen molar-refractivity contribution in [2.75, 3.05) is 37.6 Å². The molecule has 0 aromatic carbocycles. The average Bonchev–Trinajstić information content (AvgIpc) is 2.47. The van der Waals surface area contributed by atoms with Crippen LogP contribution in [0.5, 0.6) is 0 Å². The highest BCUT2D eigenvalue weighted by Gasteiger charge is 2.18. The quantitative estimate of drug-likeness (QED) is 0.803. The molecule has 0 bridgehead atoms. The van der Waals surface area contributed by atoms with E-state index in [0.29, 0.717) is 0 Å². The molecule has 0 amide bonds. The van der Waals surface area contributed by atoms with Crippen LogP contribution >= 0.6 is 0 Å². The molecule has 1 saturated heterocycles. The summed E-state index contributed by atoms with van der Waals surface area (Å²) in [5.74, 6) is 1.03. The Morgan fingerprint density at radius 1 is 1.06 bits per heavy atom. The van der Waals surface area contributed by atoms with Gasteiger partial charge in [-0.1, -0.05) is 13.0 Å². The topological polar surface area (TPSA) is 32.3 Å². The molecule has 1 fully saturated rings. The Labute approximate surface area is 107 Å². The van der Waals surface area contributed by atoms with E-state index in [4.69, 9.17) is 0 Å². The monoisotopic (exact) mass is 242 g/mol. The highest BCUT2D eigenvalue weighted by molar-refractivity contribution is 5.88. The minimum atomic E-state index is 1.02. The molecule has 0 saturated carbocycles. The second kappa shape index (κ2) is 4.90. The maximum Gasteiger partial charge on any atom is 0.155 e. The van der Waals surface area contributed by atoms with Crippen molar-refractivity contribution in [2.24, 2.45) is 0 Å². The molecule has 1 aliphatic heterocycles. The van der Waals surface area contributed by atoms with E-state index in [1.807, 2.05) is 24.5 Å². The smallest absolute Gasteiger partial charge is 0.155 e. The number of fused-ring (bicyclic) bond motifs is 1. The van der Waals surface area contributed by atoms with Gasteiger partial charge in [0, 0.05) is 44.0 Å². The van der Waals surface area contributed by atoms with Gasteiger partial charge >= 0.3 is 0 Å². The van der Waals surface area contributed by atoms with Crippen LogP contribution in [0, 0.1) is 0 Å². The number of pyridine rings is 2. The van der Waals surface area contributed by atoms with Crippen LogP contribution in [0.3, 0.4) is 0 Å². The summed E-state index contributed by atoms with van der Waals surface area (Å²) in [5, 5.41) is 1.17. The first-order valence-electron chi connectivity index (χ1n) is 6.55. The Morgan fingerprint density at radius 2 is 1.89 bits per heavy atom. The van der Waals surface area contributed by atoms with Crippen molar-refractivity contribution in [3.63, 3.8) is 0 Å². The molecule has 0 N–H and O–H groups in total. The SMILES string of the molecule is CCN1CCN(c2nccc3cccnc23)CC1. The maximum absolute atomic E-state index is 4.53. The molecule has 18 heavy (non-hydrogen) atoms. The first-order valence-corrected chi connectivity index (χ1v) is 6.55. The number of rotatable bonds is 2. The fourth-order valence-corrected chi connectivity index (χ4v) is 2.50. The molecule has 2 aromatic rings. The lowest BCUT2D eigenvalue weighted by Gasteiger charge is -2.34. The van der Waals surface area contributed by atoms with E-state index in [1.165, 1.54) is 5.39 Å². The van der Waals surface area contributed by atoms with Crippen LogP contribution < -0.4 is 4.90 Å². The lowest BCUT2D eigenvalue weighted by molar-refractivity contribution is 0.271. The zero-order valence-electron chi connectivity index (χ0n) is 10.7. The molecular formula is C14H18N4. The van der Waals surface area contributed by atoms with E-state index in [9.17, 15) is 0 Å². The number of hydrogen-bond acceptors (Lipinski definition) is 4. The number of nitrogens with zero attached hydrogens (tertiary/aromatic N) is 4. The van der Waals surface area contributed by atoms with Crippen LogP contribution in [-0.4, -0.2) is 47.6 Å². The Kier molecular flexibility index (Phi) is 3.11. The van der Waals surface area contributed by atoms with Crippen molar-refractivity contribution in [3.8, 4) is 0 Å². The summed E-state index contributed by atoms with van der Waals surface area (Å²) in [5.41, 5.74) is 1.02. The molecule has 3 rings (SSSR count). The van der Waals surface area contributed by atoms with Crippen LogP contribution in [0.4, 0.5) is 5.82 Å². The van der Waals surface area contributed by atoms with Crippen molar-refractivity contribution in [2.45, 2.75) is 6.92 Å². The van der Waals surface area contributed by atoms with Crippen LogP contribution in [-0.2, 0) is 0 Å². The zero-order valence-corrected chi connectivity index (χ0v) is 10.7. The Hall–Kier alpha value is -1.68. The van der Waals surface area contributed by atoms with E-state index in [1.54, 1.807) is 0 Å². The van der Waals surface area contributed by atoms with Crippen molar-refractivity contribution >= 4 is 16.7 Å². The Bertz CT molecular complexity index is 527. The molecule has 1 aliphatic rings. The standard InChI is InChI=1S/C14H18N4/c1-2-17-8-10-18(11-9-17)14-13-12(5-7-16-14)4-3-6-15-13/h3-7H,2,8-11H2,1H3. The van der Waals surface area contributed by atoms with Gasteiger partial charge in [-0.25, -0.2) is 4.98 Å². The predicted molar refractivity (Wildman–Crippen MR) is 73.9 cm³/mol. The van der Waals surface area contributed by atoms with Crippen LogP contribution in [0.2, 0.25) is 0 Å². The summed E-state index contributed by atoms with van der Waals surface area (Å²) in [7, 11) is 0. The highest BCUT2D eigenvalue weighted by Crippen LogP contribution is 2.22. The van der Waals surface area contributed by atoms with Gasteiger partial charge in [0.2, 0.25) is 0 Å². The number of piperazine rings is 1. The van der Waals surface area contributed by atoms with Gasteiger partial charge in [-0.15, -0.1) is 0 Å². The number of hydrogen-bond donors (Lipinski definition) is 0. The van der Waals surface area contributed by atoms with E-state index < -0.39 is 0 Å². The van der Waals surface area contributed by atoms with Crippen molar-refractivity contribution in [3.05, 3.63) is 30.6 Å². The summed E-state index contributed by atoms with van der Waals surface area (Å²) in [4.78, 5) is 13.8. The lowest BCUT2D eigenvalue weighted by atomic mass is 10.2. The normalized spacial score (nSPS) is 17.3. The lowest BCUT2D eigenvalue weighted by Crippen LogP contribution is -2.46. The summed E-state index contributed by atoms with van der Waals surface area (Å²) in [6.07, 6.45) is 3.72. The average molecular weight is 242 g/mol. The van der Waals surface area contributed by atoms with Crippen LogP contribution in [0.25, 0.3) is 10.9 Å². The minimum Gasteiger partial charge on any atom is -0.352 e. The molecule has 0 aliphatic carbocycles. The second-order valence-electron chi connectivity index (χ2n) is 4.63. The molecule has 0 spiro atoms. The van der Waals surface area contributed by atoms with Gasteiger partial charge in [0.25, 0.3) is 0 Å². The number of likely N-dealkylation sites (N-methyl/N-ethyl adjacent to an activating group) is 1. The first-order chi connectivity index (χ1) is 8.88. The molecular weight excluding hydrogens is 224 g/mol. The Morgan fingerprint density at radius 3 is 2.67 bits per heavy atom. The van der Waals surface area contributed by atoms with Crippen LogP contribution in [0.1, 0.15) is 6.92 Å². The number of aromatic nitrogens is 2. The molecule has 4 nitrogen and oxygen atoms in total. The molecule has 0 radical (unpaired) electrons. The van der Waals surface area contributed by atoms with Gasteiger partial charge in [0.05, 0.1) is 0 Å². The van der Waals surface area contributed by atoms with Crippen molar-refractivity contribution in [1.29, 1.82) is 0 Å². The molecule has 0 unspecified atom stereocenters. The van der Waals surface area contributed by atoms with Gasteiger partial charge in [-0.2, -0.15) is 0 Å². The first kappa shape index (κ1) is 11.4. The molecule has 94 valence electrons. The zero-order chi connectivity index (χ0) is 12.4. The fourth-order valence-electron chi connectivity index (χ4n) is 2.50. The van der Waals surface area contributed by atoms with E-state index >= 15 is 0 Å². The summed E-state index contributed by atoms with van der Waals surface area (Å²) in [6.45, 7) is 7.65. The number of anilines is 1. The third kappa shape index (κ3) is 2.04. The summed E-state index contributed by atoms with van der Waals surface area (Å²) in [6, 6.07) is 6.09. The van der Waals surface area contributed by atoms with Gasteiger partial charge < -0.3 is 9.80 Å². The van der Waals surface area contributed by atoms with Gasteiger partial charge in [0.15, 0.2) is 5.82 Å². The summed E-state index contributed by atoms with van der Waals surface area (Å²) >= 11 is 0. The van der Waals surface area contributed by atoms with Gasteiger partial charge in [-0.05, 0) is 18.7 Å². The Balaban J connectivity index is 1.91. The largest absolute Gasteiger partial charge is 0.352 e. The molecule has 2 aromatic heterocycles. The molecule has 0 atom stereocenters.